The zero-order valence-corrected chi connectivity index (χ0v) is 12.6. The van der Waals surface area contributed by atoms with Crippen molar-refractivity contribution in [1.82, 2.24) is 0 Å². The number of nitrogens with two attached hydrogens (primary N) is 1. The summed E-state index contributed by atoms with van der Waals surface area (Å²) in [6, 6.07) is 12.6. The smallest absolute Gasteiger partial charge is 0.182 e. The second kappa shape index (κ2) is 6.05. The van der Waals surface area contributed by atoms with E-state index in [9.17, 15) is 8.78 Å². The molecule has 2 nitrogen and oxygen atoms in total. The van der Waals surface area contributed by atoms with E-state index in [0.29, 0.717) is 18.8 Å². The largest absolute Gasteiger partial charge is 0.367 e. The number of anilines is 1. The van der Waals surface area contributed by atoms with Gasteiger partial charge in [0.15, 0.2) is 11.6 Å². The summed E-state index contributed by atoms with van der Waals surface area (Å²) in [5.41, 5.74) is 8.85. The van der Waals surface area contributed by atoms with Crippen LogP contribution in [0.2, 0.25) is 0 Å². The molecule has 1 saturated heterocycles. The maximum Gasteiger partial charge on any atom is 0.182 e. The van der Waals surface area contributed by atoms with Crippen molar-refractivity contribution >= 4 is 5.69 Å². The van der Waals surface area contributed by atoms with Gasteiger partial charge in [-0.3, -0.25) is 0 Å². The SMILES string of the molecule is Cc1ccc(C2CC(N)CN(c3cccc(F)c3F)C2)cc1. The zero-order valence-electron chi connectivity index (χ0n) is 12.6. The molecule has 0 aromatic heterocycles. The molecule has 2 aromatic carbocycles. The van der Waals surface area contributed by atoms with Crippen LogP contribution in [-0.4, -0.2) is 19.1 Å². The molecule has 0 spiro atoms. The summed E-state index contributed by atoms with van der Waals surface area (Å²) in [4.78, 5) is 1.86. The van der Waals surface area contributed by atoms with Crippen molar-refractivity contribution in [1.29, 1.82) is 0 Å². The van der Waals surface area contributed by atoms with E-state index in [1.54, 1.807) is 6.07 Å². The molecule has 0 radical (unpaired) electrons. The molecular formula is C18H20F2N2. The zero-order chi connectivity index (χ0) is 15.7. The molecule has 4 heteroatoms. The Labute approximate surface area is 129 Å². The van der Waals surface area contributed by atoms with E-state index in [1.807, 2.05) is 11.8 Å². The minimum Gasteiger partial charge on any atom is -0.367 e. The molecular weight excluding hydrogens is 282 g/mol. The summed E-state index contributed by atoms with van der Waals surface area (Å²) in [6.45, 7) is 3.24. The van der Waals surface area contributed by atoms with E-state index < -0.39 is 11.6 Å². The molecule has 1 fully saturated rings. The normalized spacial score (nSPS) is 21.9. The number of nitrogens with zero attached hydrogens (tertiary/aromatic N) is 1. The fourth-order valence-electron chi connectivity index (χ4n) is 3.15. The average Bonchev–Trinajstić information content (AvgIpc) is 2.50. The molecule has 2 N–H and O–H groups in total. The Morgan fingerprint density at radius 3 is 2.50 bits per heavy atom. The molecule has 1 aliphatic rings. The first-order valence-corrected chi connectivity index (χ1v) is 7.55. The number of benzene rings is 2. The van der Waals surface area contributed by atoms with Gasteiger partial charge in [0.25, 0.3) is 0 Å². The van der Waals surface area contributed by atoms with E-state index in [2.05, 4.69) is 24.3 Å². The highest BCUT2D eigenvalue weighted by Crippen LogP contribution is 2.31. The molecule has 2 aromatic rings. The van der Waals surface area contributed by atoms with Crippen molar-refractivity contribution < 1.29 is 8.78 Å². The number of rotatable bonds is 2. The predicted molar refractivity (Wildman–Crippen MR) is 85.1 cm³/mol. The summed E-state index contributed by atoms with van der Waals surface area (Å²) in [6.07, 6.45) is 0.858. The van der Waals surface area contributed by atoms with Crippen LogP contribution < -0.4 is 10.6 Å². The molecule has 2 unspecified atom stereocenters. The van der Waals surface area contributed by atoms with Gasteiger partial charge >= 0.3 is 0 Å². The summed E-state index contributed by atoms with van der Waals surface area (Å²) >= 11 is 0. The highest BCUT2D eigenvalue weighted by Gasteiger charge is 2.28. The van der Waals surface area contributed by atoms with Gasteiger partial charge in [0.05, 0.1) is 5.69 Å². The van der Waals surface area contributed by atoms with Crippen molar-refractivity contribution in [3.8, 4) is 0 Å². The van der Waals surface area contributed by atoms with Crippen LogP contribution in [0.1, 0.15) is 23.5 Å². The van der Waals surface area contributed by atoms with Gasteiger partial charge in [0, 0.05) is 25.0 Å². The number of hydrogen-bond donors (Lipinski definition) is 1. The molecule has 1 aliphatic heterocycles. The van der Waals surface area contributed by atoms with Crippen molar-refractivity contribution in [2.24, 2.45) is 5.73 Å². The number of piperidine rings is 1. The second-order valence-electron chi connectivity index (χ2n) is 6.08. The maximum atomic E-state index is 14.0. The summed E-state index contributed by atoms with van der Waals surface area (Å²) in [5.74, 6) is -1.38. The number of halogens is 2. The first kappa shape index (κ1) is 15.0. The molecule has 1 heterocycles. The van der Waals surface area contributed by atoms with Gasteiger partial charge in [-0.15, -0.1) is 0 Å². The lowest BCUT2D eigenvalue weighted by molar-refractivity contribution is 0.442. The van der Waals surface area contributed by atoms with Crippen LogP contribution in [0.3, 0.4) is 0 Å². The van der Waals surface area contributed by atoms with Gasteiger partial charge < -0.3 is 10.6 Å². The lowest BCUT2D eigenvalue weighted by Gasteiger charge is -2.38. The summed E-state index contributed by atoms with van der Waals surface area (Å²) < 4.78 is 27.5. The molecule has 0 bridgehead atoms. The van der Waals surface area contributed by atoms with Gasteiger partial charge in [-0.25, -0.2) is 8.78 Å². The monoisotopic (exact) mass is 302 g/mol. The molecule has 0 saturated carbocycles. The fraction of sp³-hybridized carbons (Fsp3) is 0.333. The minimum absolute atomic E-state index is 0.0530. The maximum absolute atomic E-state index is 14.0. The Balaban J connectivity index is 1.87. The lowest BCUT2D eigenvalue weighted by Crippen LogP contribution is -2.46. The van der Waals surface area contributed by atoms with Crippen LogP contribution in [0.4, 0.5) is 14.5 Å². The van der Waals surface area contributed by atoms with Crippen LogP contribution in [0.15, 0.2) is 42.5 Å². The molecule has 2 atom stereocenters. The van der Waals surface area contributed by atoms with Crippen LogP contribution in [0.5, 0.6) is 0 Å². The van der Waals surface area contributed by atoms with Crippen LogP contribution >= 0.6 is 0 Å². The Hall–Kier alpha value is -1.94. The van der Waals surface area contributed by atoms with Crippen molar-refractivity contribution in [2.45, 2.75) is 25.3 Å². The van der Waals surface area contributed by atoms with Gasteiger partial charge in [-0.05, 0) is 31.0 Å². The summed E-state index contributed by atoms with van der Waals surface area (Å²) in [5, 5.41) is 0. The fourth-order valence-corrected chi connectivity index (χ4v) is 3.15. The molecule has 22 heavy (non-hydrogen) atoms. The van der Waals surface area contributed by atoms with Crippen LogP contribution in [-0.2, 0) is 0 Å². The number of aryl methyl sites for hydroxylation is 1. The quantitative estimate of drug-likeness (QED) is 0.918. The molecule has 3 rings (SSSR count). The van der Waals surface area contributed by atoms with Crippen LogP contribution in [0, 0.1) is 18.6 Å². The van der Waals surface area contributed by atoms with Crippen molar-refractivity contribution in [2.75, 3.05) is 18.0 Å². The van der Waals surface area contributed by atoms with E-state index >= 15 is 0 Å². The highest BCUT2D eigenvalue weighted by atomic mass is 19.2. The third kappa shape index (κ3) is 2.97. The van der Waals surface area contributed by atoms with E-state index in [-0.39, 0.29) is 12.0 Å². The molecule has 0 amide bonds. The lowest BCUT2D eigenvalue weighted by atomic mass is 9.87. The molecule has 116 valence electrons. The predicted octanol–water partition coefficient (Wildman–Crippen LogP) is 3.59. The van der Waals surface area contributed by atoms with E-state index in [0.717, 1.165) is 12.5 Å². The van der Waals surface area contributed by atoms with Gasteiger partial charge in [-0.1, -0.05) is 35.9 Å². The first-order valence-electron chi connectivity index (χ1n) is 7.55. The van der Waals surface area contributed by atoms with Crippen molar-refractivity contribution in [3.05, 3.63) is 65.2 Å². The van der Waals surface area contributed by atoms with Gasteiger partial charge in [0.2, 0.25) is 0 Å². The Morgan fingerprint density at radius 2 is 1.77 bits per heavy atom. The van der Waals surface area contributed by atoms with E-state index in [4.69, 9.17) is 5.73 Å². The minimum atomic E-state index is -0.816. The Kier molecular flexibility index (Phi) is 4.12. The Bertz CT molecular complexity index is 655. The van der Waals surface area contributed by atoms with Crippen LogP contribution in [0.25, 0.3) is 0 Å². The standard InChI is InChI=1S/C18H20F2N2/c1-12-5-7-13(8-6-12)14-9-15(21)11-22(10-14)17-4-2-3-16(19)18(17)20/h2-8,14-15H,9-11,21H2,1H3. The van der Waals surface area contributed by atoms with Gasteiger partial charge in [-0.2, -0.15) is 0 Å². The third-order valence-electron chi connectivity index (χ3n) is 4.30. The van der Waals surface area contributed by atoms with Crippen molar-refractivity contribution in [3.63, 3.8) is 0 Å². The first-order chi connectivity index (χ1) is 10.5. The van der Waals surface area contributed by atoms with Gasteiger partial charge in [0.1, 0.15) is 0 Å². The topological polar surface area (TPSA) is 29.3 Å². The third-order valence-corrected chi connectivity index (χ3v) is 4.30. The average molecular weight is 302 g/mol. The molecule has 0 aliphatic carbocycles. The highest BCUT2D eigenvalue weighted by molar-refractivity contribution is 5.49. The Morgan fingerprint density at radius 1 is 1.05 bits per heavy atom. The number of hydrogen-bond acceptors (Lipinski definition) is 2. The summed E-state index contributed by atoms with van der Waals surface area (Å²) in [7, 11) is 0. The second-order valence-corrected chi connectivity index (χ2v) is 6.08. The van der Waals surface area contributed by atoms with E-state index in [1.165, 1.54) is 17.2 Å².